The lowest BCUT2D eigenvalue weighted by atomic mass is 10.1. The zero-order valence-electron chi connectivity index (χ0n) is 9.44. The van der Waals surface area contributed by atoms with Gasteiger partial charge in [-0.15, -0.1) is 5.10 Å². The summed E-state index contributed by atoms with van der Waals surface area (Å²) in [6, 6.07) is 0. The van der Waals surface area contributed by atoms with E-state index in [-0.39, 0.29) is 0 Å². The number of anilines is 1. The number of nitrogens with zero attached hydrogens (tertiary/aromatic N) is 4. The van der Waals surface area contributed by atoms with Gasteiger partial charge in [-0.05, 0) is 12.8 Å². The molecule has 2 aromatic heterocycles. The SMILES string of the molecule is Cc1nnc2c(C(C)C)nn(C)c2c1N. The standard InChI is InChI=1S/C10H15N5/c1-5(2)8-9-10(15(4)14-8)7(11)6(3)12-13-9/h5H,1-4H3,(H2,11,13). The molecule has 0 aliphatic heterocycles. The minimum absolute atomic E-state index is 0.324. The molecule has 0 saturated heterocycles. The Balaban J connectivity index is 2.86. The Morgan fingerprint density at radius 2 is 1.93 bits per heavy atom. The molecule has 5 heteroatoms. The molecule has 0 saturated carbocycles. The molecule has 2 heterocycles. The average Bonchev–Trinajstić information content (AvgIpc) is 2.50. The number of hydrogen-bond acceptors (Lipinski definition) is 4. The molecule has 0 fully saturated rings. The number of aromatic nitrogens is 4. The van der Waals surface area contributed by atoms with E-state index in [1.807, 2.05) is 14.0 Å². The number of nitrogen functional groups attached to an aromatic ring is 1. The molecule has 0 unspecified atom stereocenters. The topological polar surface area (TPSA) is 69.6 Å². The van der Waals surface area contributed by atoms with Crippen molar-refractivity contribution < 1.29 is 0 Å². The highest BCUT2D eigenvalue weighted by Crippen LogP contribution is 2.26. The van der Waals surface area contributed by atoms with Crippen LogP contribution in [0.25, 0.3) is 11.0 Å². The molecule has 0 atom stereocenters. The summed E-state index contributed by atoms with van der Waals surface area (Å²) in [5, 5.41) is 12.6. The highest BCUT2D eigenvalue weighted by atomic mass is 15.3. The molecule has 80 valence electrons. The van der Waals surface area contributed by atoms with Gasteiger partial charge in [0.05, 0.1) is 17.1 Å². The minimum atomic E-state index is 0.324. The summed E-state index contributed by atoms with van der Waals surface area (Å²) in [7, 11) is 1.88. The second-order valence-corrected chi connectivity index (χ2v) is 4.06. The van der Waals surface area contributed by atoms with Gasteiger partial charge < -0.3 is 5.73 Å². The Morgan fingerprint density at radius 1 is 1.27 bits per heavy atom. The lowest BCUT2D eigenvalue weighted by Crippen LogP contribution is -2.00. The van der Waals surface area contributed by atoms with Crippen LogP contribution in [0.4, 0.5) is 5.69 Å². The third kappa shape index (κ3) is 1.35. The molecule has 2 aromatic rings. The van der Waals surface area contributed by atoms with Crippen LogP contribution in [0.3, 0.4) is 0 Å². The van der Waals surface area contributed by atoms with Gasteiger partial charge in [0, 0.05) is 7.05 Å². The van der Waals surface area contributed by atoms with Crippen LogP contribution >= 0.6 is 0 Å². The van der Waals surface area contributed by atoms with E-state index in [9.17, 15) is 0 Å². The van der Waals surface area contributed by atoms with Crippen molar-refractivity contribution in [3.8, 4) is 0 Å². The maximum Gasteiger partial charge on any atom is 0.137 e. The van der Waals surface area contributed by atoms with Gasteiger partial charge in [-0.2, -0.15) is 10.2 Å². The number of fused-ring (bicyclic) bond motifs is 1. The zero-order valence-corrected chi connectivity index (χ0v) is 9.44. The van der Waals surface area contributed by atoms with Gasteiger partial charge in [0.1, 0.15) is 11.0 Å². The average molecular weight is 205 g/mol. The molecule has 0 bridgehead atoms. The van der Waals surface area contributed by atoms with Crippen molar-refractivity contribution in [1.29, 1.82) is 0 Å². The van der Waals surface area contributed by atoms with Gasteiger partial charge in [0.25, 0.3) is 0 Å². The minimum Gasteiger partial charge on any atom is -0.395 e. The van der Waals surface area contributed by atoms with Crippen molar-refractivity contribution >= 4 is 16.7 Å². The molecule has 0 amide bonds. The fraction of sp³-hybridized carbons (Fsp3) is 0.500. The maximum atomic E-state index is 5.97. The molecule has 2 rings (SSSR count). The van der Waals surface area contributed by atoms with Crippen molar-refractivity contribution in [1.82, 2.24) is 20.0 Å². The molecule has 0 aliphatic rings. The van der Waals surface area contributed by atoms with Gasteiger partial charge >= 0.3 is 0 Å². The molecule has 15 heavy (non-hydrogen) atoms. The predicted octanol–water partition coefficient (Wildman–Crippen LogP) is 1.38. The first-order valence-corrected chi connectivity index (χ1v) is 4.97. The maximum absolute atomic E-state index is 5.97. The summed E-state index contributed by atoms with van der Waals surface area (Å²) in [6.45, 7) is 6.02. The third-order valence-electron chi connectivity index (χ3n) is 2.54. The molecule has 5 nitrogen and oxygen atoms in total. The molecule has 2 N–H and O–H groups in total. The summed E-state index contributed by atoms with van der Waals surface area (Å²) in [5.74, 6) is 0.324. The smallest absolute Gasteiger partial charge is 0.137 e. The van der Waals surface area contributed by atoms with Gasteiger partial charge in [-0.1, -0.05) is 13.8 Å². The van der Waals surface area contributed by atoms with Crippen molar-refractivity contribution in [2.24, 2.45) is 7.05 Å². The summed E-state index contributed by atoms with van der Waals surface area (Å²) in [6.07, 6.45) is 0. The molecular formula is C10H15N5. The third-order valence-corrected chi connectivity index (χ3v) is 2.54. The fourth-order valence-electron chi connectivity index (χ4n) is 1.67. The molecule has 0 spiro atoms. The van der Waals surface area contributed by atoms with E-state index in [4.69, 9.17) is 5.73 Å². The van der Waals surface area contributed by atoms with Crippen molar-refractivity contribution in [2.75, 3.05) is 5.73 Å². The van der Waals surface area contributed by atoms with E-state index in [0.29, 0.717) is 11.6 Å². The van der Waals surface area contributed by atoms with Crippen LogP contribution in [0, 0.1) is 6.92 Å². The van der Waals surface area contributed by atoms with Crippen LogP contribution in [0.1, 0.15) is 31.2 Å². The second kappa shape index (κ2) is 3.18. The van der Waals surface area contributed by atoms with Crippen LogP contribution in [-0.2, 0) is 7.05 Å². The predicted molar refractivity (Wildman–Crippen MR) is 59.5 cm³/mol. The molecular weight excluding hydrogens is 190 g/mol. The zero-order chi connectivity index (χ0) is 11.2. The summed E-state index contributed by atoms with van der Waals surface area (Å²) >= 11 is 0. The first-order valence-electron chi connectivity index (χ1n) is 4.97. The summed E-state index contributed by atoms with van der Waals surface area (Å²) in [5.41, 5.74) is 10.0. The normalized spacial score (nSPS) is 11.5. The van der Waals surface area contributed by atoms with Crippen LogP contribution in [0.2, 0.25) is 0 Å². The lowest BCUT2D eigenvalue weighted by Gasteiger charge is -2.01. The quantitative estimate of drug-likeness (QED) is 0.763. The second-order valence-electron chi connectivity index (χ2n) is 4.06. The Labute approximate surface area is 88.3 Å². The van der Waals surface area contributed by atoms with E-state index in [0.717, 1.165) is 22.4 Å². The monoisotopic (exact) mass is 205 g/mol. The van der Waals surface area contributed by atoms with Crippen molar-refractivity contribution in [3.05, 3.63) is 11.4 Å². The molecule has 0 aliphatic carbocycles. The first-order chi connectivity index (χ1) is 7.02. The largest absolute Gasteiger partial charge is 0.395 e. The van der Waals surface area contributed by atoms with Gasteiger partial charge in [0.2, 0.25) is 0 Å². The van der Waals surface area contributed by atoms with E-state index >= 15 is 0 Å². The Hall–Kier alpha value is -1.65. The van der Waals surface area contributed by atoms with Crippen LogP contribution < -0.4 is 5.73 Å². The Kier molecular flexibility index (Phi) is 2.10. The first kappa shape index (κ1) is 9.89. The van der Waals surface area contributed by atoms with Crippen LogP contribution in [0.15, 0.2) is 0 Å². The Bertz CT molecular complexity index is 512. The highest BCUT2D eigenvalue weighted by molar-refractivity contribution is 5.89. The van der Waals surface area contributed by atoms with Gasteiger partial charge in [0.15, 0.2) is 0 Å². The number of nitrogens with two attached hydrogens (primary N) is 1. The summed E-state index contributed by atoms with van der Waals surface area (Å²) < 4.78 is 1.78. The number of rotatable bonds is 1. The van der Waals surface area contributed by atoms with Crippen molar-refractivity contribution in [3.63, 3.8) is 0 Å². The van der Waals surface area contributed by atoms with Crippen LogP contribution in [0.5, 0.6) is 0 Å². The van der Waals surface area contributed by atoms with Crippen molar-refractivity contribution in [2.45, 2.75) is 26.7 Å². The van der Waals surface area contributed by atoms with Gasteiger partial charge in [-0.3, -0.25) is 4.68 Å². The van der Waals surface area contributed by atoms with Gasteiger partial charge in [-0.25, -0.2) is 0 Å². The Morgan fingerprint density at radius 3 is 2.53 bits per heavy atom. The highest BCUT2D eigenvalue weighted by Gasteiger charge is 2.16. The van der Waals surface area contributed by atoms with E-state index in [2.05, 4.69) is 29.1 Å². The lowest BCUT2D eigenvalue weighted by molar-refractivity contribution is 0.729. The number of hydrogen-bond donors (Lipinski definition) is 1. The van der Waals surface area contributed by atoms with Crippen LogP contribution in [-0.4, -0.2) is 20.0 Å². The van der Waals surface area contributed by atoms with E-state index in [1.54, 1.807) is 4.68 Å². The molecule has 0 aromatic carbocycles. The van der Waals surface area contributed by atoms with E-state index in [1.165, 1.54) is 0 Å². The van der Waals surface area contributed by atoms with E-state index < -0.39 is 0 Å². The summed E-state index contributed by atoms with van der Waals surface area (Å²) in [4.78, 5) is 0. The number of aryl methyl sites for hydroxylation is 2. The molecule has 0 radical (unpaired) electrons. The fourth-order valence-corrected chi connectivity index (χ4v) is 1.67.